The number of ketones is 2. The maximum absolute atomic E-state index is 13.0. The van der Waals surface area contributed by atoms with Crippen molar-refractivity contribution in [1.82, 2.24) is 0 Å². The first-order valence-electron chi connectivity index (χ1n) is 8.58. The molecule has 0 aromatic heterocycles. The van der Waals surface area contributed by atoms with Gasteiger partial charge in [0.1, 0.15) is 10.7 Å². The Morgan fingerprint density at radius 2 is 1.47 bits per heavy atom. The molecule has 0 bridgehead atoms. The van der Waals surface area contributed by atoms with E-state index in [9.17, 15) is 32.8 Å². The molecule has 9 nitrogen and oxygen atoms in total. The van der Waals surface area contributed by atoms with Crippen molar-refractivity contribution in [3.05, 3.63) is 87.9 Å². The molecule has 5 N–H and O–H groups in total. The number of hydrogen-bond acceptors (Lipinski definition) is 8. The number of benzene rings is 2. The van der Waals surface area contributed by atoms with Crippen LogP contribution in [0.3, 0.4) is 0 Å². The molecule has 2 aromatic rings. The van der Waals surface area contributed by atoms with Gasteiger partial charge in [0.25, 0.3) is 10.1 Å². The Hall–Kier alpha value is -3.15. The summed E-state index contributed by atoms with van der Waals surface area (Å²) in [4.78, 5) is 24.8. The van der Waals surface area contributed by atoms with Crippen LogP contribution in [-0.2, 0) is 10.1 Å². The highest BCUT2D eigenvalue weighted by Gasteiger charge is 2.44. The quantitative estimate of drug-likeness (QED) is 0.264. The van der Waals surface area contributed by atoms with Gasteiger partial charge >= 0.3 is 0 Å². The second-order valence-electron chi connectivity index (χ2n) is 6.88. The van der Waals surface area contributed by atoms with Crippen molar-refractivity contribution in [2.75, 3.05) is 0 Å². The van der Waals surface area contributed by atoms with Crippen molar-refractivity contribution in [3.8, 4) is 5.75 Å². The maximum atomic E-state index is 13.0. The molecule has 0 saturated heterocycles. The Labute approximate surface area is 170 Å². The van der Waals surface area contributed by atoms with E-state index in [-0.39, 0.29) is 28.0 Å². The van der Waals surface area contributed by atoms with Gasteiger partial charge in [0, 0.05) is 22.8 Å². The SMILES string of the molecule is NC1(Oc2cccc3c2C(=O)c2ccccc2C3=O)C=CC(O)(O)C=C1S(=O)(=O)O. The predicted octanol–water partition coefficient (Wildman–Crippen LogP) is 0.518. The highest BCUT2D eigenvalue weighted by atomic mass is 32.2. The van der Waals surface area contributed by atoms with Gasteiger partial charge in [-0.1, -0.05) is 36.4 Å². The molecule has 2 aromatic carbocycles. The Kier molecular flexibility index (Phi) is 4.31. The van der Waals surface area contributed by atoms with Gasteiger partial charge in [-0.3, -0.25) is 19.9 Å². The molecule has 1 unspecified atom stereocenters. The number of carbonyl (C=O) groups is 2. The van der Waals surface area contributed by atoms with Crippen LogP contribution in [0, 0.1) is 0 Å². The van der Waals surface area contributed by atoms with Gasteiger partial charge in [0.2, 0.25) is 11.5 Å². The third-order valence-corrected chi connectivity index (χ3v) is 5.77. The second kappa shape index (κ2) is 6.42. The van der Waals surface area contributed by atoms with Gasteiger partial charge < -0.3 is 14.9 Å². The first-order valence-corrected chi connectivity index (χ1v) is 10.0. The number of rotatable bonds is 3. The van der Waals surface area contributed by atoms with E-state index in [1.165, 1.54) is 30.3 Å². The van der Waals surface area contributed by atoms with Crippen molar-refractivity contribution < 1.29 is 37.5 Å². The van der Waals surface area contributed by atoms with Gasteiger partial charge in [-0.15, -0.1) is 0 Å². The largest absolute Gasteiger partial charge is 0.464 e. The van der Waals surface area contributed by atoms with Crippen LogP contribution < -0.4 is 10.5 Å². The van der Waals surface area contributed by atoms with Gasteiger partial charge in [-0.05, 0) is 18.2 Å². The van der Waals surface area contributed by atoms with Crippen LogP contribution in [0.1, 0.15) is 31.8 Å². The van der Waals surface area contributed by atoms with Crippen molar-refractivity contribution >= 4 is 21.7 Å². The molecule has 30 heavy (non-hydrogen) atoms. The number of fused-ring (bicyclic) bond motifs is 2. The van der Waals surface area contributed by atoms with E-state index in [4.69, 9.17) is 10.5 Å². The fraction of sp³-hybridized carbons (Fsp3) is 0.100. The fourth-order valence-electron chi connectivity index (χ4n) is 3.42. The summed E-state index contributed by atoms with van der Waals surface area (Å²) >= 11 is 0. The third kappa shape index (κ3) is 3.16. The van der Waals surface area contributed by atoms with Crippen LogP contribution in [0.5, 0.6) is 5.75 Å². The number of ether oxygens (including phenoxy) is 1. The minimum absolute atomic E-state index is 0.0376. The highest BCUT2D eigenvalue weighted by molar-refractivity contribution is 7.89. The summed E-state index contributed by atoms with van der Waals surface area (Å²) in [6, 6.07) is 10.4. The molecule has 0 amide bonds. The average molecular weight is 429 g/mol. The number of carbonyl (C=O) groups excluding carboxylic acids is 2. The standard InChI is InChI=1S/C20H15NO8S/c21-20(9-8-19(24,25)10-15(20)30(26,27)28)29-14-7-3-6-13-16(14)18(23)12-5-2-1-4-11(12)17(13)22/h1-10,24-25H,21H2,(H,26,27,28). The lowest BCUT2D eigenvalue weighted by Crippen LogP contribution is -2.51. The van der Waals surface area contributed by atoms with Crippen LogP contribution in [-0.4, -0.2) is 46.3 Å². The zero-order valence-corrected chi connectivity index (χ0v) is 16.0. The summed E-state index contributed by atoms with van der Waals surface area (Å²) in [6.45, 7) is 0. The molecule has 1 atom stereocenters. The molecule has 2 aliphatic rings. The summed E-state index contributed by atoms with van der Waals surface area (Å²) in [5.41, 5.74) is 3.91. The van der Waals surface area contributed by atoms with Crippen LogP contribution >= 0.6 is 0 Å². The fourth-order valence-corrected chi connectivity index (χ4v) is 4.26. The van der Waals surface area contributed by atoms with Crippen LogP contribution in [0.25, 0.3) is 0 Å². The number of nitrogens with two attached hydrogens (primary N) is 1. The van der Waals surface area contributed by atoms with E-state index in [1.807, 2.05) is 0 Å². The second-order valence-corrected chi connectivity index (χ2v) is 8.27. The molecule has 0 spiro atoms. The van der Waals surface area contributed by atoms with Crippen molar-refractivity contribution in [1.29, 1.82) is 0 Å². The van der Waals surface area contributed by atoms with E-state index >= 15 is 0 Å². The molecule has 0 heterocycles. The van der Waals surface area contributed by atoms with Crippen LogP contribution in [0.15, 0.2) is 65.6 Å². The van der Waals surface area contributed by atoms with E-state index in [2.05, 4.69) is 0 Å². The summed E-state index contributed by atoms with van der Waals surface area (Å²) < 4.78 is 38.7. The average Bonchev–Trinajstić information content (AvgIpc) is 2.67. The molecule has 2 aliphatic carbocycles. The van der Waals surface area contributed by atoms with Gasteiger partial charge in [0.15, 0.2) is 11.6 Å². The first kappa shape index (κ1) is 20.1. The Morgan fingerprint density at radius 1 is 0.867 bits per heavy atom. The van der Waals surface area contributed by atoms with E-state index < -0.39 is 38.1 Å². The lowest BCUT2D eigenvalue weighted by atomic mass is 9.83. The minimum atomic E-state index is -5.03. The zero-order chi connectivity index (χ0) is 21.9. The molecule has 0 fully saturated rings. The topological polar surface area (TPSA) is 164 Å². The minimum Gasteiger partial charge on any atom is -0.464 e. The summed E-state index contributed by atoms with van der Waals surface area (Å²) in [5.74, 6) is -3.87. The third-order valence-electron chi connectivity index (χ3n) is 4.78. The summed E-state index contributed by atoms with van der Waals surface area (Å²) in [5, 5.41) is 19.4. The smallest absolute Gasteiger partial charge is 0.296 e. The summed E-state index contributed by atoms with van der Waals surface area (Å²) in [7, 11) is -5.03. The van der Waals surface area contributed by atoms with Gasteiger partial charge in [0.05, 0.1) is 5.56 Å². The summed E-state index contributed by atoms with van der Waals surface area (Å²) in [6.07, 6.45) is 1.97. The Morgan fingerprint density at radius 3 is 2.10 bits per heavy atom. The number of aliphatic hydroxyl groups is 2. The lowest BCUT2D eigenvalue weighted by Gasteiger charge is -2.34. The Bertz CT molecular complexity index is 1280. The van der Waals surface area contributed by atoms with E-state index in [1.54, 1.807) is 12.1 Å². The van der Waals surface area contributed by atoms with Gasteiger partial charge in [-0.25, -0.2) is 0 Å². The molecule has 10 heteroatoms. The monoisotopic (exact) mass is 429 g/mol. The zero-order valence-electron chi connectivity index (χ0n) is 15.1. The molecular weight excluding hydrogens is 414 g/mol. The molecule has 0 aliphatic heterocycles. The normalized spacial score (nSPS) is 22.2. The van der Waals surface area contributed by atoms with Crippen LogP contribution in [0.4, 0.5) is 0 Å². The van der Waals surface area contributed by atoms with E-state index in [0.29, 0.717) is 6.08 Å². The Balaban J connectivity index is 1.86. The van der Waals surface area contributed by atoms with Crippen molar-refractivity contribution in [2.24, 2.45) is 5.73 Å². The lowest BCUT2D eigenvalue weighted by molar-refractivity contribution is -0.0787. The van der Waals surface area contributed by atoms with Crippen LogP contribution in [0.2, 0.25) is 0 Å². The number of hydrogen-bond donors (Lipinski definition) is 4. The van der Waals surface area contributed by atoms with Gasteiger partial charge in [-0.2, -0.15) is 8.42 Å². The molecule has 154 valence electrons. The van der Waals surface area contributed by atoms with Crippen molar-refractivity contribution in [2.45, 2.75) is 11.5 Å². The van der Waals surface area contributed by atoms with Crippen molar-refractivity contribution in [3.63, 3.8) is 0 Å². The molecule has 4 rings (SSSR count). The van der Waals surface area contributed by atoms with E-state index in [0.717, 1.165) is 12.2 Å². The molecular formula is C20H15NO8S. The predicted molar refractivity (Wildman–Crippen MR) is 103 cm³/mol. The first-order chi connectivity index (χ1) is 13.9. The highest BCUT2D eigenvalue weighted by Crippen LogP contribution is 2.37. The molecule has 0 saturated carbocycles. The maximum Gasteiger partial charge on any atom is 0.296 e. The molecule has 0 radical (unpaired) electrons.